The molecule has 24 heavy (non-hydrogen) atoms. The number of aryl methyl sites for hydroxylation is 2. The summed E-state index contributed by atoms with van der Waals surface area (Å²) in [4.78, 5) is 12.2. The minimum Gasteiger partial charge on any atom is -0.385 e. The van der Waals surface area contributed by atoms with E-state index in [2.05, 4.69) is 17.3 Å². The van der Waals surface area contributed by atoms with E-state index in [1.807, 2.05) is 54.9 Å². The minimum atomic E-state index is -1.16. The Morgan fingerprint density at radius 2 is 2.00 bits per heavy atom. The molecule has 2 unspecified atom stereocenters. The first-order chi connectivity index (χ1) is 11.3. The lowest BCUT2D eigenvalue weighted by molar-refractivity contribution is -0.126. The average Bonchev–Trinajstić information content (AvgIpc) is 2.83. The maximum atomic E-state index is 12.2. The van der Waals surface area contributed by atoms with Crippen LogP contribution in [0.2, 0.25) is 0 Å². The Kier molecular flexibility index (Phi) is 5.78. The molecule has 130 valence electrons. The van der Waals surface area contributed by atoms with Gasteiger partial charge in [-0.1, -0.05) is 37.3 Å². The van der Waals surface area contributed by atoms with Gasteiger partial charge < -0.3 is 10.4 Å². The fourth-order valence-corrected chi connectivity index (χ4v) is 2.78. The summed E-state index contributed by atoms with van der Waals surface area (Å²) < 4.78 is 1.96. The second-order valence-corrected chi connectivity index (χ2v) is 6.84. The summed E-state index contributed by atoms with van der Waals surface area (Å²) in [6.45, 7) is 9.06. The summed E-state index contributed by atoms with van der Waals surface area (Å²) in [5, 5.41) is 17.9. The Morgan fingerprint density at radius 3 is 2.58 bits per heavy atom. The molecule has 5 nitrogen and oxygen atoms in total. The molecule has 0 radical (unpaired) electrons. The number of aromatic nitrogens is 2. The first kappa shape index (κ1) is 18.2. The third-order valence-corrected chi connectivity index (χ3v) is 4.14. The fraction of sp³-hybridized carbons (Fsp3) is 0.474. The summed E-state index contributed by atoms with van der Waals surface area (Å²) >= 11 is 0. The first-order valence-electron chi connectivity index (χ1n) is 8.33. The van der Waals surface area contributed by atoms with Crippen LogP contribution in [0.15, 0.2) is 36.4 Å². The monoisotopic (exact) mass is 329 g/mol. The van der Waals surface area contributed by atoms with Crippen molar-refractivity contribution in [3.05, 3.63) is 53.3 Å². The molecule has 1 aromatic carbocycles. The van der Waals surface area contributed by atoms with E-state index in [4.69, 9.17) is 0 Å². The van der Waals surface area contributed by atoms with E-state index in [-0.39, 0.29) is 18.2 Å². The van der Waals surface area contributed by atoms with Gasteiger partial charge >= 0.3 is 0 Å². The Hall–Kier alpha value is -2.14. The summed E-state index contributed by atoms with van der Waals surface area (Å²) in [5.41, 5.74) is 1.71. The Bertz CT molecular complexity index is 677. The van der Waals surface area contributed by atoms with Crippen LogP contribution in [0.1, 0.15) is 37.2 Å². The van der Waals surface area contributed by atoms with Crippen LogP contribution in [0.4, 0.5) is 0 Å². The molecule has 2 aromatic rings. The molecule has 2 atom stereocenters. The van der Waals surface area contributed by atoms with Crippen molar-refractivity contribution in [1.82, 2.24) is 15.1 Å². The molecule has 0 aliphatic carbocycles. The van der Waals surface area contributed by atoms with E-state index < -0.39 is 5.60 Å². The maximum absolute atomic E-state index is 12.2. The third kappa shape index (κ3) is 4.93. The van der Waals surface area contributed by atoms with Gasteiger partial charge in [0.05, 0.1) is 17.7 Å². The SMILES string of the molecule is Cc1cc(C)n(CC(C)CNC(=O)CC(C)(O)c2ccccc2)n1. The van der Waals surface area contributed by atoms with Gasteiger partial charge in [-0.3, -0.25) is 9.48 Å². The lowest BCUT2D eigenvalue weighted by atomic mass is 9.92. The third-order valence-electron chi connectivity index (χ3n) is 4.14. The van der Waals surface area contributed by atoms with Crippen LogP contribution < -0.4 is 5.32 Å². The summed E-state index contributed by atoms with van der Waals surface area (Å²) in [6.07, 6.45) is 0.0453. The zero-order valence-electron chi connectivity index (χ0n) is 14.9. The molecule has 0 aliphatic rings. The van der Waals surface area contributed by atoms with Gasteiger partial charge in [-0.05, 0) is 38.3 Å². The quantitative estimate of drug-likeness (QED) is 0.820. The average molecular weight is 329 g/mol. The Morgan fingerprint density at radius 1 is 1.33 bits per heavy atom. The lowest BCUT2D eigenvalue weighted by Crippen LogP contribution is -2.35. The number of rotatable bonds is 7. The van der Waals surface area contributed by atoms with Gasteiger partial charge in [0.2, 0.25) is 5.91 Å². The Balaban J connectivity index is 1.83. The molecule has 0 aliphatic heterocycles. The predicted molar refractivity (Wildman–Crippen MR) is 94.5 cm³/mol. The van der Waals surface area contributed by atoms with Gasteiger partial charge in [-0.2, -0.15) is 5.10 Å². The Labute approximate surface area is 143 Å². The van der Waals surface area contributed by atoms with Gasteiger partial charge in [-0.15, -0.1) is 0 Å². The molecule has 0 fully saturated rings. The fourth-order valence-electron chi connectivity index (χ4n) is 2.78. The normalized spacial score (nSPS) is 14.9. The van der Waals surface area contributed by atoms with Crippen molar-refractivity contribution in [1.29, 1.82) is 0 Å². The zero-order valence-corrected chi connectivity index (χ0v) is 14.9. The van der Waals surface area contributed by atoms with Crippen molar-refractivity contribution in [3.8, 4) is 0 Å². The number of nitrogens with one attached hydrogen (secondary N) is 1. The molecule has 2 rings (SSSR count). The largest absolute Gasteiger partial charge is 0.385 e. The smallest absolute Gasteiger partial charge is 0.223 e. The van der Waals surface area contributed by atoms with Crippen LogP contribution in [0.3, 0.4) is 0 Å². The summed E-state index contributed by atoms with van der Waals surface area (Å²) in [6, 6.07) is 11.3. The standard InChI is InChI=1S/C19H27N3O2/c1-14(13-22-16(3)10-15(2)21-22)12-20-18(23)11-19(4,24)17-8-6-5-7-9-17/h5-10,14,24H,11-13H2,1-4H3,(H,20,23). The van der Waals surface area contributed by atoms with E-state index in [1.165, 1.54) is 0 Å². The van der Waals surface area contributed by atoms with Gasteiger partial charge in [-0.25, -0.2) is 0 Å². The molecule has 2 N–H and O–H groups in total. The number of benzene rings is 1. The van der Waals surface area contributed by atoms with E-state index in [0.29, 0.717) is 6.54 Å². The number of aliphatic hydroxyl groups is 1. The van der Waals surface area contributed by atoms with Crippen molar-refractivity contribution in [2.45, 2.75) is 46.3 Å². The van der Waals surface area contributed by atoms with E-state index in [1.54, 1.807) is 6.92 Å². The molecule has 1 heterocycles. The topological polar surface area (TPSA) is 67.2 Å². The van der Waals surface area contributed by atoms with Crippen molar-refractivity contribution >= 4 is 5.91 Å². The van der Waals surface area contributed by atoms with Crippen LogP contribution in [0, 0.1) is 19.8 Å². The first-order valence-corrected chi connectivity index (χ1v) is 8.33. The van der Waals surface area contributed by atoms with Crippen LogP contribution in [0.25, 0.3) is 0 Å². The minimum absolute atomic E-state index is 0.0453. The van der Waals surface area contributed by atoms with Crippen molar-refractivity contribution in [3.63, 3.8) is 0 Å². The lowest BCUT2D eigenvalue weighted by Gasteiger charge is -2.23. The van der Waals surface area contributed by atoms with E-state index >= 15 is 0 Å². The molecule has 0 saturated heterocycles. The number of hydrogen-bond acceptors (Lipinski definition) is 3. The molecular formula is C19H27N3O2. The second kappa shape index (κ2) is 7.62. The number of hydrogen-bond donors (Lipinski definition) is 2. The maximum Gasteiger partial charge on any atom is 0.223 e. The van der Waals surface area contributed by atoms with Gasteiger partial charge in [0, 0.05) is 18.8 Å². The van der Waals surface area contributed by atoms with E-state index in [0.717, 1.165) is 23.5 Å². The van der Waals surface area contributed by atoms with E-state index in [9.17, 15) is 9.90 Å². The number of carbonyl (C=O) groups excluding carboxylic acids is 1. The van der Waals surface area contributed by atoms with Crippen molar-refractivity contribution in [2.24, 2.45) is 5.92 Å². The molecule has 0 bridgehead atoms. The van der Waals surface area contributed by atoms with Crippen LogP contribution in [-0.4, -0.2) is 27.3 Å². The highest BCUT2D eigenvalue weighted by atomic mass is 16.3. The zero-order chi connectivity index (χ0) is 17.7. The molecule has 1 aromatic heterocycles. The van der Waals surface area contributed by atoms with Crippen molar-refractivity contribution in [2.75, 3.05) is 6.54 Å². The van der Waals surface area contributed by atoms with Crippen LogP contribution >= 0.6 is 0 Å². The highest BCUT2D eigenvalue weighted by Crippen LogP contribution is 2.23. The van der Waals surface area contributed by atoms with Gasteiger partial charge in [0.15, 0.2) is 0 Å². The molecular weight excluding hydrogens is 302 g/mol. The molecule has 0 saturated carbocycles. The van der Waals surface area contributed by atoms with Crippen LogP contribution in [0.5, 0.6) is 0 Å². The van der Waals surface area contributed by atoms with Crippen molar-refractivity contribution < 1.29 is 9.90 Å². The van der Waals surface area contributed by atoms with Gasteiger partial charge in [0.25, 0.3) is 0 Å². The summed E-state index contributed by atoms with van der Waals surface area (Å²) in [7, 11) is 0. The highest BCUT2D eigenvalue weighted by Gasteiger charge is 2.26. The second-order valence-electron chi connectivity index (χ2n) is 6.84. The number of amides is 1. The number of nitrogens with zero attached hydrogens (tertiary/aromatic N) is 2. The summed E-state index contributed by atoms with van der Waals surface area (Å²) in [5.74, 6) is 0.109. The number of carbonyl (C=O) groups is 1. The van der Waals surface area contributed by atoms with Gasteiger partial charge in [0.1, 0.15) is 0 Å². The van der Waals surface area contributed by atoms with Crippen LogP contribution in [-0.2, 0) is 16.9 Å². The predicted octanol–water partition coefficient (Wildman–Crippen LogP) is 2.55. The molecule has 1 amide bonds. The highest BCUT2D eigenvalue weighted by molar-refractivity contribution is 5.77. The molecule has 5 heteroatoms. The molecule has 0 spiro atoms.